The Morgan fingerprint density at radius 2 is 0.900 bits per heavy atom. The molecule has 0 saturated carbocycles. The first-order chi connectivity index (χ1) is 19.8. The molecule has 0 unspecified atom stereocenters. The predicted molar refractivity (Wildman–Crippen MR) is 168 cm³/mol. The first-order valence-electron chi connectivity index (χ1n) is 13.6. The zero-order chi connectivity index (χ0) is 26.5. The van der Waals surface area contributed by atoms with E-state index in [4.69, 9.17) is 0 Å². The van der Waals surface area contributed by atoms with Gasteiger partial charge < -0.3 is 0 Å². The van der Waals surface area contributed by atoms with Gasteiger partial charge in [0.2, 0.25) is 0 Å². The third-order valence-electron chi connectivity index (χ3n) is 7.98. The van der Waals surface area contributed by atoms with Crippen LogP contribution in [0.1, 0.15) is 0 Å². The number of aromatic nitrogens is 2. The highest BCUT2D eigenvalue weighted by Gasteiger charge is 2.18. The van der Waals surface area contributed by atoms with Crippen LogP contribution in [0.25, 0.3) is 76.6 Å². The highest BCUT2D eigenvalue weighted by atomic mass is 14.8. The summed E-state index contributed by atoms with van der Waals surface area (Å²) < 4.78 is 0. The fourth-order valence-corrected chi connectivity index (χ4v) is 6.11. The second kappa shape index (κ2) is 9.14. The van der Waals surface area contributed by atoms with E-state index in [2.05, 4.69) is 137 Å². The van der Waals surface area contributed by atoms with Crippen molar-refractivity contribution in [1.29, 1.82) is 0 Å². The topological polar surface area (TPSA) is 25.8 Å². The van der Waals surface area contributed by atoms with E-state index in [0.717, 1.165) is 11.3 Å². The number of hydrogen-bond acceptors (Lipinski definition) is 2. The fraction of sp³-hybridized carbons (Fsp3) is 0. The summed E-state index contributed by atoms with van der Waals surface area (Å²) in [6.45, 7) is 0. The van der Waals surface area contributed by atoms with Crippen LogP contribution in [0.2, 0.25) is 0 Å². The number of rotatable bonds is 3. The molecule has 2 heteroatoms. The van der Waals surface area contributed by atoms with E-state index in [0.29, 0.717) is 0 Å². The van der Waals surface area contributed by atoms with Gasteiger partial charge in [0.25, 0.3) is 0 Å². The Balaban J connectivity index is 1.51. The van der Waals surface area contributed by atoms with Crippen molar-refractivity contribution in [3.8, 4) is 33.5 Å². The molecule has 0 atom stereocenters. The molecule has 0 spiro atoms. The molecule has 0 radical (unpaired) electrons. The fourth-order valence-electron chi connectivity index (χ4n) is 6.11. The minimum Gasteiger partial charge on any atom is -0.245 e. The van der Waals surface area contributed by atoms with Gasteiger partial charge in [-0.05, 0) is 89.6 Å². The van der Waals surface area contributed by atoms with Crippen LogP contribution in [0.3, 0.4) is 0 Å². The molecule has 0 saturated heterocycles. The van der Waals surface area contributed by atoms with Crippen LogP contribution >= 0.6 is 0 Å². The Hall–Kier alpha value is -5.34. The van der Waals surface area contributed by atoms with Crippen molar-refractivity contribution in [3.05, 3.63) is 146 Å². The Bertz CT molecular complexity index is 2210. The molecule has 0 bridgehead atoms. The number of hydrogen-bond donors (Lipinski definition) is 0. The van der Waals surface area contributed by atoms with Crippen LogP contribution in [0.15, 0.2) is 146 Å². The lowest BCUT2D eigenvalue weighted by atomic mass is 9.84. The van der Waals surface area contributed by atoms with Gasteiger partial charge in [-0.25, -0.2) is 9.97 Å². The third-order valence-corrected chi connectivity index (χ3v) is 7.98. The quantitative estimate of drug-likeness (QED) is 0.222. The minimum atomic E-state index is 0.918. The first kappa shape index (κ1) is 22.6. The number of benzene rings is 7. The maximum absolute atomic E-state index is 4.57. The van der Waals surface area contributed by atoms with E-state index in [1.54, 1.807) is 12.5 Å². The van der Waals surface area contributed by atoms with Crippen molar-refractivity contribution in [1.82, 2.24) is 9.97 Å². The van der Waals surface area contributed by atoms with E-state index in [9.17, 15) is 0 Å². The van der Waals surface area contributed by atoms with Crippen molar-refractivity contribution in [2.24, 2.45) is 0 Å². The van der Waals surface area contributed by atoms with E-state index < -0.39 is 0 Å². The summed E-state index contributed by atoms with van der Waals surface area (Å²) in [5.41, 5.74) is 6.94. The molecule has 0 N–H and O–H groups in total. The Kier molecular flexibility index (Phi) is 5.17. The molecule has 1 heterocycles. The zero-order valence-electron chi connectivity index (χ0n) is 21.8. The monoisotopic (exact) mass is 508 g/mol. The van der Waals surface area contributed by atoms with E-state index in [1.165, 1.54) is 65.3 Å². The van der Waals surface area contributed by atoms with Crippen LogP contribution in [-0.2, 0) is 0 Å². The van der Waals surface area contributed by atoms with Gasteiger partial charge in [-0.15, -0.1) is 0 Å². The van der Waals surface area contributed by atoms with E-state index >= 15 is 0 Å². The molecule has 8 rings (SSSR count). The summed E-state index contributed by atoms with van der Waals surface area (Å²) in [6, 6.07) is 48.4. The molecular formula is C38H24N2. The van der Waals surface area contributed by atoms with Gasteiger partial charge in [0.15, 0.2) is 0 Å². The van der Waals surface area contributed by atoms with E-state index in [-0.39, 0.29) is 0 Å². The van der Waals surface area contributed by atoms with Crippen molar-refractivity contribution >= 4 is 43.1 Å². The lowest BCUT2D eigenvalue weighted by Crippen LogP contribution is -1.92. The molecule has 0 fully saturated rings. The van der Waals surface area contributed by atoms with Gasteiger partial charge in [0, 0.05) is 11.8 Å². The molecule has 8 aromatic rings. The summed E-state index contributed by atoms with van der Waals surface area (Å²) in [7, 11) is 0. The Morgan fingerprint density at radius 3 is 1.50 bits per heavy atom. The lowest BCUT2D eigenvalue weighted by molar-refractivity contribution is 1.17. The molecule has 0 amide bonds. The lowest BCUT2D eigenvalue weighted by Gasteiger charge is -2.19. The van der Waals surface area contributed by atoms with Crippen molar-refractivity contribution in [3.63, 3.8) is 0 Å². The summed E-state index contributed by atoms with van der Waals surface area (Å²) in [4.78, 5) is 8.70. The highest BCUT2D eigenvalue weighted by molar-refractivity contribution is 6.22. The van der Waals surface area contributed by atoms with Crippen LogP contribution < -0.4 is 0 Å². The van der Waals surface area contributed by atoms with Gasteiger partial charge in [0.1, 0.15) is 6.33 Å². The number of fused-ring (bicyclic) bond motifs is 4. The van der Waals surface area contributed by atoms with E-state index in [1.807, 2.05) is 6.07 Å². The molecule has 0 aliphatic rings. The zero-order valence-corrected chi connectivity index (χ0v) is 21.8. The minimum absolute atomic E-state index is 0.918. The van der Waals surface area contributed by atoms with Crippen molar-refractivity contribution in [2.45, 2.75) is 0 Å². The van der Waals surface area contributed by atoms with Gasteiger partial charge in [-0.1, -0.05) is 109 Å². The maximum Gasteiger partial charge on any atom is 0.116 e. The largest absolute Gasteiger partial charge is 0.245 e. The second-order valence-electron chi connectivity index (χ2n) is 10.3. The van der Waals surface area contributed by atoms with Crippen LogP contribution in [0, 0.1) is 0 Å². The average molecular weight is 509 g/mol. The Labute approximate surface area is 232 Å². The van der Waals surface area contributed by atoms with Gasteiger partial charge >= 0.3 is 0 Å². The molecule has 2 nitrogen and oxygen atoms in total. The maximum atomic E-state index is 4.57. The van der Waals surface area contributed by atoms with Crippen LogP contribution in [0.5, 0.6) is 0 Å². The number of nitrogens with zero attached hydrogens (tertiary/aromatic N) is 2. The van der Waals surface area contributed by atoms with Gasteiger partial charge in [-0.3, -0.25) is 0 Å². The smallest absolute Gasteiger partial charge is 0.116 e. The standard InChI is InChI=1S/C38H24N2/c1-3-9-27-21-30(15-13-25(27)7-1)37-32-11-5-6-12-33(32)38(31-16-14-26-8-2-4-10-28(26)22-31)35-23-29(17-18-34(35)37)36-19-20-39-24-40-36/h1-24H. The first-order valence-corrected chi connectivity index (χ1v) is 13.6. The van der Waals surface area contributed by atoms with Crippen LogP contribution in [-0.4, -0.2) is 9.97 Å². The predicted octanol–water partition coefficient (Wildman–Crippen LogP) is 10.1. The average Bonchev–Trinajstić information content (AvgIpc) is 3.03. The van der Waals surface area contributed by atoms with Gasteiger partial charge in [0.05, 0.1) is 5.69 Å². The summed E-state index contributed by atoms with van der Waals surface area (Å²) in [5.74, 6) is 0. The molecule has 186 valence electrons. The van der Waals surface area contributed by atoms with Crippen LogP contribution in [0.4, 0.5) is 0 Å². The molecule has 7 aromatic carbocycles. The molecular weight excluding hydrogens is 484 g/mol. The Morgan fingerprint density at radius 1 is 0.375 bits per heavy atom. The second-order valence-corrected chi connectivity index (χ2v) is 10.3. The third kappa shape index (κ3) is 3.65. The summed E-state index contributed by atoms with van der Waals surface area (Å²) in [6.07, 6.45) is 3.42. The van der Waals surface area contributed by atoms with Crippen molar-refractivity contribution < 1.29 is 0 Å². The molecule has 0 aliphatic heterocycles. The molecule has 40 heavy (non-hydrogen) atoms. The summed E-state index contributed by atoms with van der Waals surface area (Å²) in [5, 5.41) is 9.92. The highest BCUT2D eigenvalue weighted by Crippen LogP contribution is 2.45. The molecule has 1 aromatic heterocycles. The van der Waals surface area contributed by atoms with Crippen molar-refractivity contribution in [2.75, 3.05) is 0 Å². The summed E-state index contributed by atoms with van der Waals surface area (Å²) >= 11 is 0. The van der Waals surface area contributed by atoms with Gasteiger partial charge in [-0.2, -0.15) is 0 Å². The normalized spacial score (nSPS) is 11.5. The molecule has 0 aliphatic carbocycles. The SMILES string of the molecule is c1ccc2cc(-c3c4ccccc4c(-c4ccc5ccccc5c4)c4cc(-c5ccncn5)ccc34)ccc2c1.